The van der Waals surface area contributed by atoms with Crippen molar-refractivity contribution in [1.29, 1.82) is 0 Å². The highest BCUT2D eigenvalue weighted by Crippen LogP contribution is 2.22. The minimum atomic E-state index is -0.175. The average molecular weight is 193 g/mol. The summed E-state index contributed by atoms with van der Waals surface area (Å²) in [6.07, 6.45) is 0. The largest absolute Gasteiger partial charge is 0.507 e. The van der Waals surface area contributed by atoms with Crippen LogP contribution in [0.25, 0.3) is 0 Å². The molecule has 0 atom stereocenters. The Bertz CT molecular complexity index is 370. The number of carbonyl (C=O) groups excluding carboxylic acids is 1. The smallest absolute Gasteiger partial charge is 0.257 e. The Hall–Kier alpha value is -1.51. The van der Waals surface area contributed by atoms with Crippen molar-refractivity contribution in [3.05, 3.63) is 28.8 Å². The Morgan fingerprint density at radius 1 is 1.21 bits per heavy atom. The van der Waals surface area contributed by atoms with Crippen molar-refractivity contribution in [3.63, 3.8) is 0 Å². The van der Waals surface area contributed by atoms with Crippen molar-refractivity contribution >= 4 is 5.91 Å². The molecule has 3 heteroatoms. The van der Waals surface area contributed by atoms with E-state index in [2.05, 4.69) is 0 Å². The van der Waals surface area contributed by atoms with Crippen LogP contribution in [-0.4, -0.2) is 30.0 Å². The van der Waals surface area contributed by atoms with Gasteiger partial charge in [-0.05, 0) is 37.1 Å². The maximum absolute atomic E-state index is 11.6. The Morgan fingerprint density at radius 2 is 1.71 bits per heavy atom. The maximum atomic E-state index is 11.6. The monoisotopic (exact) mass is 193 g/mol. The van der Waals surface area contributed by atoms with Gasteiger partial charge in [0.2, 0.25) is 0 Å². The normalized spacial score (nSPS) is 10.0. The van der Waals surface area contributed by atoms with Gasteiger partial charge in [-0.2, -0.15) is 0 Å². The number of nitrogens with zero attached hydrogens (tertiary/aromatic N) is 1. The molecule has 14 heavy (non-hydrogen) atoms. The second kappa shape index (κ2) is 3.70. The number of amides is 1. The second-order valence-electron chi connectivity index (χ2n) is 3.65. The van der Waals surface area contributed by atoms with E-state index in [0.717, 1.165) is 11.1 Å². The van der Waals surface area contributed by atoms with Crippen molar-refractivity contribution in [2.45, 2.75) is 13.8 Å². The molecule has 0 saturated heterocycles. The summed E-state index contributed by atoms with van der Waals surface area (Å²) in [4.78, 5) is 13.0. The molecule has 0 aliphatic carbocycles. The molecule has 1 rings (SSSR count). The topological polar surface area (TPSA) is 40.5 Å². The SMILES string of the molecule is Cc1cc(O)c(C(=O)N(C)C)cc1C. The highest BCUT2D eigenvalue weighted by Gasteiger charge is 2.13. The summed E-state index contributed by atoms with van der Waals surface area (Å²) < 4.78 is 0. The van der Waals surface area contributed by atoms with Gasteiger partial charge in [0.25, 0.3) is 5.91 Å². The molecule has 0 aromatic heterocycles. The predicted molar refractivity (Wildman–Crippen MR) is 55.6 cm³/mol. The minimum Gasteiger partial charge on any atom is -0.507 e. The molecular formula is C11H15NO2. The number of phenolic OH excluding ortho intramolecular Hbond substituents is 1. The van der Waals surface area contributed by atoms with Gasteiger partial charge >= 0.3 is 0 Å². The molecule has 76 valence electrons. The zero-order valence-corrected chi connectivity index (χ0v) is 8.96. The summed E-state index contributed by atoms with van der Waals surface area (Å²) in [5.74, 6) is -0.127. The Kier molecular flexibility index (Phi) is 2.79. The fraction of sp³-hybridized carbons (Fsp3) is 0.364. The first kappa shape index (κ1) is 10.6. The van der Waals surface area contributed by atoms with E-state index in [1.54, 1.807) is 26.2 Å². The molecule has 0 heterocycles. The van der Waals surface area contributed by atoms with Crippen LogP contribution in [-0.2, 0) is 0 Å². The van der Waals surface area contributed by atoms with E-state index >= 15 is 0 Å². The zero-order valence-electron chi connectivity index (χ0n) is 8.96. The maximum Gasteiger partial charge on any atom is 0.257 e. The summed E-state index contributed by atoms with van der Waals surface area (Å²) >= 11 is 0. The molecule has 0 bridgehead atoms. The van der Waals surface area contributed by atoms with Gasteiger partial charge in [-0.25, -0.2) is 0 Å². The van der Waals surface area contributed by atoms with Gasteiger partial charge in [-0.1, -0.05) is 0 Å². The van der Waals surface area contributed by atoms with E-state index in [1.165, 1.54) is 4.90 Å². The summed E-state index contributed by atoms with van der Waals surface area (Å²) in [5, 5.41) is 9.59. The van der Waals surface area contributed by atoms with Gasteiger partial charge in [0.1, 0.15) is 5.75 Å². The summed E-state index contributed by atoms with van der Waals surface area (Å²) in [6, 6.07) is 3.33. The number of rotatable bonds is 1. The third kappa shape index (κ3) is 1.87. The van der Waals surface area contributed by atoms with Gasteiger partial charge in [0.05, 0.1) is 5.56 Å². The van der Waals surface area contributed by atoms with Crippen molar-refractivity contribution in [3.8, 4) is 5.75 Å². The lowest BCUT2D eigenvalue weighted by atomic mass is 10.0. The first-order chi connectivity index (χ1) is 6.43. The number of aromatic hydroxyl groups is 1. The lowest BCUT2D eigenvalue weighted by Crippen LogP contribution is -2.21. The molecule has 1 aromatic rings. The third-order valence-electron chi connectivity index (χ3n) is 2.25. The van der Waals surface area contributed by atoms with Gasteiger partial charge in [0, 0.05) is 14.1 Å². The number of aryl methyl sites for hydroxylation is 2. The van der Waals surface area contributed by atoms with E-state index in [9.17, 15) is 9.90 Å². The Balaban J connectivity index is 3.22. The quantitative estimate of drug-likeness (QED) is 0.737. The number of hydrogen-bond acceptors (Lipinski definition) is 2. The third-order valence-corrected chi connectivity index (χ3v) is 2.25. The lowest BCUT2D eigenvalue weighted by molar-refractivity contribution is 0.0824. The van der Waals surface area contributed by atoms with Crippen LogP contribution >= 0.6 is 0 Å². The number of hydrogen-bond donors (Lipinski definition) is 1. The fourth-order valence-electron chi connectivity index (χ4n) is 1.21. The molecule has 0 unspecified atom stereocenters. The molecular weight excluding hydrogens is 178 g/mol. The molecule has 0 aliphatic heterocycles. The van der Waals surface area contributed by atoms with E-state index in [1.807, 2.05) is 13.8 Å². The Morgan fingerprint density at radius 3 is 2.21 bits per heavy atom. The van der Waals surface area contributed by atoms with Crippen molar-refractivity contribution in [2.24, 2.45) is 0 Å². The summed E-state index contributed by atoms with van der Waals surface area (Å²) in [5.41, 5.74) is 2.35. The van der Waals surface area contributed by atoms with Crippen LogP contribution in [0.4, 0.5) is 0 Å². The second-order valence-corrected chi connectivity index (χ2v) is 3.65. The van der Waals surface area contributed by atoms with Crippen molar-refractivity contribution < 1.29 is 9.90 Å². The van der Waals surface area contributed by atoms with E-state index in [-0.39, 0.29) is 11.7 Å². The fourth-order valence-corrected chi connectivity index (χ4v) is 1.21. The highest BCUT2D eigenvalue weighted by atomic mass is 16.3. The molecule has 0 aliphatic rings. The minimum absolute atomic E-state index is 0.0480. The van der Waals surface area contributed by atoms with Crippen LogP contribution in [0.3, 0.4) is 0 Å². The first-order valence-corrected chi connectivity index (χ1v) is 4.45. The first-order valence-electron chi connectivity index (χ1n) is 4.45. The van der Waals surface area contributed by atoms with E-state index < -0.39 is 0 Å². The van der Waals surface area contributed by atoms with Gasteiger partial charge in [-0.3, -0.25) is 4.79 Å². The Labute approximate surface area is 84.0 Å². The van der Waals surface area contributed by atoms with Crippen LogP contribution < -0.4 is 0 Å². The van der Waals surface area contributed by atoms with E-state index in [0.29, 0.717) is 5.56 Å². The van der Waals surface area contributed by atoms with E-state index in [4.69, 9.17) is 0 Å². The molecule has 1 N–H and O–H groups in total. The molecule has 0 fully saturated rings. The van der Waals surface area contributed by atoms with Crippen LogP contribution in [0.15, 0.2) is 12.1 Å². The van der Waals surface area contributed by atoms with Gasteiger partial charge in [-0.15, -0.1) is 0 Å². The molecule has 1 aromatic carbocycles. The standard InChI is InChI=1S/C11H15NO2/c1-7-5-9(11(14)12(3)4)10(13)6-8(7)2/h5-6,13H,1-4H3. The molecule has 1 amide bonds. The van der Waals surface area contributed by atoms with Crippen LogP contribution in [0, 0.1) is 13.8 Å². The van der Waals surface area contributed by atoms with Crippen LogP contribution in [0.1, 0.15) is 21.5 Å². The molecule has 0 radical (unpaired) electrons. The predicted octanol–water partition coefficient (Wildman–Crippen LogP) is 1.71. The zero-order chi connectivity index (χ0) is 10.9. The molecule has 0 saturated carbocycles. The number of phenols is 1. The lowest BCUT2D eigenvalue weighted by Gasteiger charge is -2.13. The van der Waals surface area contributed by atoms with Crippen LogP contribution in [0.2, 0.25) is 0 Å². The number of benzene rings is 1. The van der Waals surface area contributed by atoms with Gasteiger partial charge in [0.15, 0.2) is 0 Å². The molecule has 3 nitrogen and oxygen atoms in total. The highest BCUT2D eigenvalue weighted by molar-refractivity contribution is 5.96. The number of carbonyl (C=O) groups is 1. The van der Waals surface area contributed by atoms with Gasteiger partial charge < -0.3 is 10.0 Å². The molecule has 0 spiro atoms. The van der Waals surface area contributed by atoms with Crippen molar-refractivity contribution in [2.75, 3.05) is 14.1 Å². The van der Waals surface area contributed by atoms with Crippen molar-refractivity contribution in [1.82, 2.24) is 4.90 Å². The van der Waals surface area contributed by atoms with Crippen LogP contribution in [0.5, 0.6) is 5.75 Å². The summed E-state index contributed by atoms with van der Waals surface area (Å²) in [7, 11) is 3.33. The summed E-state index contributed by atoms with van der Waals surface area (Å²) in [6.45, 7) is 3.82. The average Bonchev–Trinajstić information content (AvgIpc) is 2.10.